The molecule has 1 aromatic carbocycles. The zero-order chi connectivity index (χ0) is 12.4. The molecule has 0 heterocycles. The molecule has 1 N–H and O–H groups in total. The van der Waals surface area contributed by atoms with Gasteiger partial charge < -0.3 is 5.32 Å². The van der Waals surface area contributed by atoms with Gasteiger partial charge in [0.15, 0.2) is 0 Å². The van der Waals surface area contributed by atoms with Gasteiger partial charge >= 0.3 is 0 Å². The normalized spacial score (nSPS) is 31.1. The third kappa shape index (κ3) is 2.70. The van der Waals surface area contributed by atoms with Crippen LogP contribution in [0.25, 0.3) is 0 Å². The van der Waals surface area contributed by atoms with Crippen molar-refractivity contribution >= 4 is 15.9 Å². The summed E-state index contributed by atoms with van der Waals surface area (Å²) in [6.07, 6.45) is 11.0. The summed E-state index contributed by atoms with van der Waals surface area (Å²) in [5, 5.41) is 3.81. The van der Waals surface area contributed by atoms with Crippen molar-refractivity contribution in [2.24, 2.45) is 0 Å². The molecular weight excluding hydrogens is 286 g/mol. The molecule has 2 aliphatic carbocycles. The van der Waals surface area contributed by atoms with Gasteiger partial charge in [0.05, 0.1) is 0 Å². The van der Waals surface area contributed by atoms with Gasteiger partial charge in [0.1, 0.15) is 0 Å². The first kappa shape index (κ1) is 12.4. The van der Waals surface area contributed by atoms with Crippen LogP contribution in [0.4, 0.5) is 0 Å². The van der Waals surface area contributed by atoms with Gasteiger partial charge in [-0.2, -0.15) is 0 Å². The molecule has 3 rings (SSSR count). The zero-order valence-corrected chi connectivity index (χ0v) is 12.2. The maximum atomic E-state index is 3.81. The number of hydrogen-bond acceptors (Lipinski definition) is 1. The van der Waals surface area contributed by atoms with Crippen LogP contribution in [0, 0.1) is 0 Å². The molecule has 0 saturated heterocycles. The van der Waals surface area contributed by atoms with Gasteiger partial charge in [-0.05, 0) is 49.7 Å². The average molecular weight is 306 g/mol. The van der Waals surface area contributed by atoms with Gasteiger partial charge in [-0.15, -0.1) is 0 Å². The van der Waals surface area contributed by atoms with Crippen molar-refractivity contribution < 1.29 is 0 Å². The van der Waals surface area contributed by atoms with Crippen molar-refractivity contribution in [3.8, 4) is 0 Å². The summed E-state index contributed by atoms with van der Waals surface area (Å²) in [4.78, 5) is 0. The highest BCUT2D eigenvalue weighted by Crippen LogP contribution is 2.40. The Bertz CT molecular complexity index is 434. The lowest BCUT2D eigenvalue weighted by atomic mass is 9.75. The molecule has 1 unspecified atom stereocenters. The predicted octanol–water partition coefficient (Wildman–Crippen LogP) is 4.39. The fourth-order valence-corrected chi connectivity index (χ4v) is 3.70. The van der Waals surface area contributed by atoms with Gasteiger partial charge in [0, 0.05) is 16.6 Å². The second kappa shape index (κ2) is 5.58. The van der Waals surface area contributed by atoms with E-state index < -0.39 is 0 Å². The monoisotopic (exact) mass is 305 g/mol. The van der Waals surface area contributed by atoms with Gasteiger partial charge in [0.2, 0.25) is 0 Å². The third-order valence-electron chi connectivity index (χ3n) is 4.22. The topological polar surface area (TPSA) is 12.0 Å². The highest BCUT2D eigenvalue weighted by molar-refractivity contribution is 9.10. The van der Waals surface area contributed by atoms with E-state index in [4.69, 9.17) is 0 Å². The highest BCUT2D eigenvalue weighted by atomic mass is 79.9. The summed E-state index contributed by atoms with van der Waals surface area (Å²) >= 11 is 3.66. The lowest BCUT2D eigenvalue weighted by molar-refractivity contribution is 0.257. The highest BCUT2D eigenvalue weighted by Gasteiger charge is 2.32. The first-order valence-corrected chi connectivity index (χ1v) is 7.77. The van der Waals surface area contributed by atoms with Crippen molar-refractivity contribution in [3.05, 3.63) is 46.5 Å². The minimum atomic E-state index is 0.722. The number of nitrogens with one attached hydrogen (secondary N) is 1. The van der Waals surface area contributed by atoms with Crippen molar-refractivity contribution in [1.82, 2.24) is 5.32 Å². The maximum Gasteiger partial charge on any atom is 0.0210 e. The lowest BCUT2D eigenvalue weighted by Gasteiger charge is -2.39. The number of benzene rings is 1. The van der Waals surface area contributed by atoms with Crippen LogP contribution in [-0.4, -0.2) is 12.1 Å². The molecule has 2 heteroatoms. The summed E-state index contributed by atoms with van der Waals surface area (Å²) in [5.41, 5.74) is 1.49. The van der Waals surface area contributed by atoms with Crippen LogP contribution in [0.3, 0.4) is 0 Å². The SMILES string of the molecule is Brc1ccccc1C1CC(NC2CC=CCC2)C1. The zero-order valence-electron chi connectivity index (χ0n) is 10.6. The largest absolute Gasteiger partial charge is 0.311 e. The molecule has 0 aliphatic heterocycles. The summed E-state index contributed by atoms with van der Waals surface area (Å²) in [7, 11) is 0. The Labute approximate surface area is 118 Å². The third-order valence-corrected chi connectivity index (χ3v) is 4.95. The molecule has 2 aliphatic rings. The molecule has 1 fully saturated rings. The van der Waals surface area contributed by atoms with Crippen LogP contribution in [0.5, 0.6) is 0 Å². The fraction of sp³-hybridized carbons (Fsp3) is 0.500. The van der Waals surface area contributed by atoms with Crippen molar-refractivity contribution in [1.29, 1.82) is 0 Å². The average Bonchev–Trinajstić information content (AvgIpc) is 2.36. The van der Waals surface area contributed by atoms with E-state index in [1.165, 1.54) is 42.1 Å². The molecule has 1 aromatic rings. The minimum absolute atomic E-state index is 0.722. The van der Waals surface area contributed by atoms with E-state index in [2.05, 4.69) is 57.7 Å². The summed E-state index contributed by atoms with van der Waals surface area (Å²) in [6, 6.07) is 10.1. The van der Waals surface area contributed by atoms with E-state index in [-0.39, 0.29) is 0 Å². The van der Waals surface area contributed by atoms with Gasteiger partial charge in [-0.3, -0.25) is 0 Å². The molecule has 1 atom stereocenters. The van der Waals surface area contributed by atoms with E-state index in [9.17, 15) is 0 Å². The van der Waals surface area contributed by atoms with Crippen molar-refractivity contribution in [2.45, 2.75) is 50.1 Å². The Balaban J connectivity index is 1.51. The van der Waals surface area contributed by atoms with Gasteiger partial charge in [-0.25, -0.2) is 0 Å². The minimum Gasteiger partial charge on any atom is -0.311 e. The van der Waals surface area contributed by atoms with Crippen molar-refractivity contribution in [2.75, 3.05) is 0 Å². The van der Waals surface area contributed by atoms with Crippen molar-refractivity contribution in [3.63, 3.8) is 0 Å². The Hall–Kier alpha value is -0.600. The van der Waals surface area contributed by atoms with Gasteiger partial charge in [-0.1, -0.05) is 46.3 Å². The summed E-state index contributed by atoms with van der Waals surface area (Å²) in [6.45, 7) is 0. The van der Waals surface area contributed by atoms with E-state index in [1.807, 2.05) is 0 Å². The van der Waals surface area contributed by atoms with E-state index in [0.29, 0.717) is 0 Å². The fourth-order valence-electron chi connectivity index (χ4n) is 3.09. The van der Waals surface area contributed by atoms with E-state index in [1.54, 1.807) is 0 Å². The lowest BCUT2D eigenvalue weighted by Crippen LogP contribution is -2.45. The molecule has 0 aromatic heterocycles. The Morgan fingerprint density at radius 2 is 1.89 bits per heavy atom. The van der Waals surface area contributed by atoms with E-state index in [0.717, 1.165) is 18.0 Å². The Morgan fingerprint density at radius 1 is 1.06 bits per heavy atom. The first-order chi connectivity index (χ1) is 8.83. The second-order valence-electron chi connectivity index (χ2n) is 5.53. The molecule has 0 amide bonds. The van der Waals surface area contributed by atoms with Crippen LogP contribution in [0.15, 0.2) is 40.9 Å². The van der Waals surface area contributed by atoms with Crippen LogP contribution in [0.2, 0.25) is 0 Å². The molecule has 1 nitrogen and oxygen atoms in total. The Morgan fingerprint density at radius 3 is 2.61 bits per heavy atom. The van der Waals surface area contributed by atoms with Crippen LogP contribution in [0.1, 0.15) is 43.6 Å². The van der Waals surface area contributed by atoms with Crippen LogP contribution >= 0.6 is 15.9 Å². The quantitative estimate of drug-likeness (QED) is 0.817. The molecule has 1 saturated carbocycles. The summed E-state index contributed by atoms with van der Waals surface area (Å²) in [5.74, 6) is 0.747. The molecular formula is C16H20BrN. The van der Waals surface area contributed by atoms with E-state index >= 15 is 0 Å². The number of rotatable bonds is 3. The maximum absolute atomic E-state index is 3.81. The Kier molecular flexibility index (Phi) is 3.86. The molecule has 0 spiro atoms. The number of halogens is 1. The molecule has 96 valence electrons. The van der Waals surface area contributed by atoms with Crippen LogP contribution in [-0.2, 0) is 0 Å². The smallest absolute Gasteiger partial charge is 0.0210 e. The number of hydrogen-bond donors (Lipinski definition) is 1. The summed E-state index contributed by atoms with van der Waals surface area (Å²) < 4.78 is 1.27. The molecule has 0 bridgehead atoms. The second-order valence-corrected chi connectivity index (χ2v) is 6.39. The molecule has 18 heavy (non-hydrogen) atoms. The first-order valence-electron chi connectivity index (χ1n) is 6.98. The number of allylic oxidation sites excluding steroid dienone is 1. The standard InChI is InChI=1S/C16H20BrN/c17-16-9-5-4-8-15(16)12-10-14(11-12)18-13-6-2-1-3-7-13/h1-2,4-5,8-9,12-14,18H,3,6-7,10-11H2. The van der Waals surface area contributed by atoms with Gasteiger partial charge in [0.25, 0.3) is 0 Å². The van der Waals surface area contributed by atoms with Crippen LogP contribution < -0.4 is 5.32 Å². The molecule has 0 radical (unpaired) electrons. The predicted molar refractivity (Wildman–Crippen MR) is 79.8 cm³/mol.